The molecule has 0 bridgehead atoms. The van der Waals surface area contributed by atoms with Crippen LogP contribution in [0.25, 0.3) is 22.2 Å². The van der Waals surface area contributed by atoms with Crippen molar-refractivity contribution in [2.24, 2.45) is 0 Å². The third kappa shape index (κ3) is 4.22. The summed E-state index contributed by atoms with van der Waals surface area (Å²) in [6.07, 6.45) is 0.961. The summed E-state index contributed by atoms with van der Waals surface area (Å²) < 4.78 is 0. The Morgan fingerprint density at radius 1 is 1.04 bits per heavy atom. The van der Waals surface area contributed by atoms with Gasteiger partial charge in [0.25, 0.3) is 5.91 Å². The zero-order chi connectivity index (χ0) is 17.6. The number of carbonyl (C=O) groups excluding carboxylic acids is 1. The smallest absolute Gasteiger partial charge is 0.252 e. The molecule has 0 saturated carbocycles. The predicted octanol–water partition coefficient (Wildman–Crippen LogP) is 2.17. The highest BCUT2D eigenvalue weighted by atomic mass is 16.1. The largest absolute Gasteiger partial charge is 0.352 e. The van der Waals surface area contributed by atoms with Crippen molar-refractivity contribution in [3.8, 4) is 11.3 Å². The molecule has 0 unspecified atom stereocenters. The van der Waals surface area contributed by atoms with E-state index in [4.69, 9.17) is 4.98 Å². The fraction of sp³-hybridized carbons (Fsp3) is 0.238. The number of hydrogen-bond donors (Lipinski definition) is 2. The van der Waals surface area contributed by atoms with Gasteiger partial charge in [-0.05, 0) is 12.1 Å². The lowest BCUT2D eigenvalue weighted by Crippen LogP contribution is -3.05. The summed E-state index contributed by atoms with van der Waals surface area (Å²) in [6, 6.07) is 19.7. The van der Waals surface area contributed by atoms with E-state index in [-0.39, 0.29) is 5.91 Å². The molecule has 4 nitrogen and oxygen atoms in total. The van der Waals surface area contributed by atoms with Crippen LogP contribution < -0.4 is 10.2 Å². The Bertz CT molecular complexity index is 859. The van der Waals surface area contributed by atoms with Crippen molar-refractivity contribution in [2.75, 3.05) is 27.2 Å². The maximum atomic E-state index is 12.7. The van der Waals surface area contributed by atoms with Crippen LogP contribution in [-0.4, -0.2) is 38.1 Å². The molecule has 3 aromatic rings. The molecule has 0 aliphatic rings. The van der Waals surface area contributed by atoms with Crippen molar-refractivity contribution in [1.29, 1.82) is 0 Å². The van der Waals surface area contributed by atoms with Crippen LogP contribution in [0, 0.1) is 0 Å². The zero-order valence-corrected chi connectivity index (χ0v) is 14.8. The second-order valence-corrected chi connectivity index (χ2v) is 6.50. The van der Waals surface area contributed by atoms with E-state index in [0.717, 1.165) is 35.1 Å². The maximum absolute atomic E-state index is 12.7. The molecular weight excluding hydrogens is 310 g/mol. The van der Waals surface area contributed by atoms with Gasteiger partial charge in [-0.1, -0.05) is 48.5 Å². The van der Waals surface area contributed by atoms with Gasteiger partial charge in [0.05, 0.1) is 37.4 Å². The van der Waals surface area contributed by atoms with Gasteiger partial charge >= 0.3 is 0 Å². The van der Waals surface area contributed by atoms with Crippen LogP contribution in [0.3, 0.4) is 0 Å². The molecule has 1 heterocycles. The molecule has 0 spiro atoms. The van der Waals surface area contributed by atoms with Crippen molar-refractivity contribution < 1.29 is 9.69 Å². The number of carbonyl (C=O) groups is 1. The highest BCUT2D eigenvalue weighted by Gasteiger charge is 2.13. The number of nitrogens with zero attached hydrogens (tertiary/aromatic N) is 1. The van der Waals surface area contributed by atoms with Gasteiger partial charge in [-0.2, -0.15) is 0 Å². The molecule has 128 valence electrons. The molecule has 4 heteroatoms. The predicted molar refractivity (Wildman–Crippen MR) is 102 cm³/mol. The van der Waals surface area contributed by atoms with Crippen molar-refractivity contribution in [2.45, 2.75) is 6.42 Å². The standard InChI is InChI=1S/C21H23N3O/c1-24(2)14-8-13-22-21(25)18-15-20(16-9-4-3-5-10-16)23-19-12-7-6-11-17(18)19/h3-7,9-12,15H,8,13-14H2,1-2H3,(H,22,25)/p+1. The molecule has 0 atom stereocenters. The fourth-order valence-corrected chi connectivity index (χ4v) is 2.86. The second-order valence-electron chi connectivity index (χ2n) is 6.50. The van der Waals surface area contributed by atoms with Crippen LogP contribution in [0.2, 0.25) is 0 Å². The number of rotatable bonds is 6. The summed E-state index contributed by atoms with van der Waals surface area (Å²) in [6.45, 7) is 1.72. The number of quaternary nitrogens is 1. The molecule has 0 aliphatic carbocycles. The summed E-state index contributed by atoms with van der Waals surface area (Å²) in [5.41, 5.74) is 3.36. The first kappa shape index (κ1) is 17.1. The molecule has 1 aromatic heterocycles. The molecule has 0 aliphatic heterocycles. The Morgan fingerprint density at radius 2 is 1.76 bits per heavy atom. The summed E-state index contributed by atoms with van der Waals surface area (Å²) in [4.78, 5) is 18.9. The Kier molecular flexibility index (Phi) is 5.41. The maximum Gasteiger partial charge on any atom is 0.252 e. The number of para-hydroxylation sites is 1. The third-order valence-corrected chi connectivity index (χ3v) is 4.17. The van der Waals surface area contributed by atoms with E-state index in [1.54, 1.807) is 0 Å². The van der Waals surface area contributed by atoms with E-state index < -0.39 is 0 Å². The average Bonchev–Trinajstić information content (AvgIpc) is 2.64. The molecule has 2 aromatic carbocycles. The molecule has 2 N–H and O–H groups in total. The number of pyridine rings is 1. The van der Waals surface area contributed by atoms with E-state index in [9.17, 15) is 4.79 Å². The minimum absolute atomic E-state index is 0.0375. The molecule has 25 heavy (non-hydrogen) atoms. The minimum atomic E-state index is -0.0375. The number of fused-ring (bicyclic) bond motifs is 1. The van der Waals surface area contributed by atoms with Gasteiger partial charge in [0.15, 0.2) is 0 Å². The quantitative estimate of drug-likeness (QED) is 0.679. The number of nitrogens with one attached hydrogen (secondary N) is 2. The molecule has 0 radical (unpaired) electrons. The van der Waals surface area contributed by atoms with Gasteiger partial charge in [0.2, 0.25) is 0 Å². The van der Waals surface area contributed by atoms with Crippen molar-refractivity contribution >= 4 is 16.8 Å². The van der Waals surface area contributed by atoms with Gasteiger partial charge in [0.1, 0.15) is 0 Å². The van der Waals surface area contributed by atoms with E-state index >= 15 is 0 Å². The first-order valence-electron chi connectivity index (χ1n) is 8.67. The Morgan fingerprint density at radius 3 is 2.52 bits per heavy atom. The van der Waals surface area contributed by atoms with E-state index in [1.807, 2.05) is 60.7 Å². The monoisotopic (exact) mass is 334 g/mol. The van der Waals surface area contributed by atoms with Crippen LogP contribution in [0.1, 0.15) is 16.8 Å². The van der Waals surface area contributed by atoms with Crippen molar-refractivity contribution in [3.63, 3.8) is 0 Å². The van der Waals surface area contributed by atoms with Crippen molar-refractivity contribution in [1.82, 2.24) is 10.3 Å². The SMILES string of the molecule is C[NH+](C)CCCNC(=O)c1cc(-c2ccccc2)nc2ccccc12. The lowest BCUT2D eigenvalue weighted by atomic mass is 10.0. The normalized spacial score (nSPS) is 11.0. The molecule has 1 amide bonds. The van der Waals surface area contributed by atoms with Crippen molar-refractivity contribution in [3.05, 3.63) is 66.2 Å². The van der Waals surface area contributed by atoms with Crippen LogP contribution in [0.5, 0.6) is 0 Å². The summed E-state index contributed by atoms with van der Waals surface area (Å²) in [5, 5.41) is 3.93. The lowest BCUT2D eigenvalue weighted by Gasteiger charge is -2.11. The van der Waals surface area contributed by atoms with Crippen LogP contribution >= 0.6 is 0 Å². The van der Waals surface area contributed by atoms with Gasteiger partial charge in [0, 0.05) is 23.9 Å². The van der Waals surface area contributed by atoms with E-state index in [2.05, 4.69) is 19.4 Å². The number of benzene rings is 2. The second kappa shape index (κ2) is 7.90. The number of aromatic nitrogens is 1. The Labute approximate surface area is 148 Å². The Hall–Kier alpha value is -2.72. The van der Waals surface area contributed by atoms with Gasteiger partial charge in [-0.15, -0.1) is 0 Å². The minimum Gasteiger partial charge on any atom is -0.352 e. The topological polar surface area (TPSA) is 46.4 Å². The summed E-state index contributed by atoms with van der Waals surface area (Å²) in [7, 11) is 4.23. The highest BCUT2D eigenvalue weighted by molar-refractivity contribution is 6.07. The van der Waals surface area contributed by atoms with Crippen LogP contribution in [0.15, 0.2) is 60.7 Å². The first-order chi connectivity index (χ1) is 12.1. The van der Waals surface area contributed by atoms with E-state index in [0.29, 0.717) is 12.1 Å². The zero-order valence-electron chi connectivity index (χ0n) is 14.8. The van der Waals surface area contributed by atoms with Crippen LogP contribution in [-0.2, 0) is 0 Å². The first-order valence-corrected chi connectivity index (χ1v) is 8.67. The fourth-order valence-electron chi connectivity index (χ4n) is 2.86. The molecule has 3 rings (SSSR count). The number of amides is 1. The molecule has 0 saturated heterocycles. The number of hydrogen-bond acceptors (Lipinski definition) is 2. The summed E-state index contributed by atoms with van der Waals surface area (Å²) >= 11 is 0. The van der Waals surface area contributed by atoms with Crippen LogP contribution in [0.4, 0.5) is 0 Å². The van der Waals surface area contributed by atoms with Gasteiger partial charge in [-0.25, -0.2) is 4.98 Å². The van der Waals surface area contributed by atoms with E-state index in [1.165, 1.54) is 4.90 Å². The average molecular weight is 334 g/mol. The van der Waals surface area contributed by atoms with Gasteiger partial charge in [-0.3, -0.25) is 4.79 Å². The molecular formula is C21H24N3O+. The summed E-state index contributed by atoms with van der Waals surface area (Å²) in [5.74, 6) is -0.0375. The highest BCUT2D eigenvalue weighted by Crippen LogP contribution is 2.24. The third-order valence-electron chi connectivity index (χ3n) is 4.17. The molecule has 0 fully saturated rings. The van der Waals surface area contributed by atoms with Gasteiger partial charge < -0.3 is 10.2 Å². The lowest BCUT2D eigenvalue weighted by molar-refractivity contribution is -0.858. The Balaban J connectivity index is 1.91.